The van der Waals surface area contributed by atoms with Crippen molar-refractivity contribution in [3.05, 3.63) is 29.8 Å². The predicted molar refractivity (Wildman–Crippen MR) is 61.6 cm³/mol. The fourth-order valence-corrected chi connectivity index (χ4v) is 1.91. The molecule has 15 heavy (non-hydrogen) atoms. The van der Waals surface area contributed by atoms with Crippen molar-refractivity contribution in [2.45, 2.75) is 25.5 Å². The van der Waals surface area contributed by atoms with Crippen molar-refractivity contribution in [3.63, 3.8) is 0 Å². The molecule has 0 saturated carbocycles. The standard InChI is InChI=1S/C11H13NO2S/c1-8-4-6-9(7-5-8)12-10-11(2,3)15(13)14-10/h4-7H,1-3H3. The molecule has 0 bridgehead atoms. The van der Waals surface area contributed by atoms with E-state index in [1.54, 1.807) is 0 Å². The number of rotatable bonds is 1. The number of aryl methyl sites for hydroxylation is 1. The molecule has 1 aliphatic heterocycles. The fraction of sp³-hybridized carbons (Fsp3) is 0.364. The quantitative estimate of drug-likeness (QED) is 0.733. The lowest BCUT2D eigenvalue weighted by molar-refractivity contribution is 0.459. The van der Waals surface area contributed by atoms with Gasteiger partial charge in [0, 0.05) is 0 Å². The predicted octanol–water partition coefficient (Wildman–Crippen LogP) is 2.50. The maximum Gasteiger partial charge on any atom is 0.229 e. The zero-order chi connectivity index (χ0) is 11.1. The Kier molecular flexibility index (Phi) is 2.38. The lowest BCUT2D eigenvalue weighted by Gasteiger charge is -2.33. The summed E-state index contributed by atoms with van der Waals surface area (Å²) in [5.74, 6) is 0.546. The lowest BCUT2D eigenvalue weighted by atomic mass is 10.2. The summed E-state index contributed by atoms with van der Waals surface area (Å²) in [5, 5.41) is 0. The van der Waals surface area contributed by atoms with Crippen molar-refractivity contribution in [2.24, 2.45) is 4.99 Å². The third-order valence-corrected chi connectivity index (χ3v) is 3.67. The molecule has 1 aromatic rings. The van der Waals surface area contributed by atoms with E-state index in [1.807, 2.05) is 45.0 Å². The van der Waals surface area contributed by atoms with Gasteiger partial charge < -0.3 is 4.18 Å². The first-order valence-electron chi connectivity index (χ1n) is 4.76. The van der Waals surface area contributed by atoms with E-state index < -0.39 is 15.8 Å². The molecule has 0 aromatic heterocycles. The summed E-state index contributed by atoms with van der Waals surface area (Å²) in [4.78, 5) is 4.31. The van der Waals surface area contributed by atoms with Crippen LogP contribution in [0.2, 0.25) is 0 Å². The van der Waals surface area contributed by atoms with Crippen LogP contribution in [0.1, 0.15) is 19.4 Å². The minimum absolute atomic E-state index is 0.453. The molecule has 3 nitrogen and oxygen atoms in total. The smallest absolute Gasteiger partial charge is 0.229 e. The molecule has 80 valence electrons. The van der Waals surface area contributed by atoms with Gasteiger partial charge in [0.15, 0.2) is 4.75 Å². The maximum absolute atomic E-state index is 11.2. The van der Waals surface area contributed by atoms with E-state index in [4.69, 9.17) is 4.18 Å². The van der Waals surface area contributed by atoms with Gasteiger partial charge in [-0.3, -0.25) is 0 Å². The van der Waals surface area contributed by atoms with Gasteiger partial charge in [0.2, 0.25) is 17.0 Å². The highest BCUT2D eigenvalue weighted by Crippen LogP contribution is 2.30. The summed E-state index contributed by atoms with van der Waals surface area (Å²) in [7, 11) is 0. The zero-order valence-electron chi connectivity index (χ0n) is 8.98. The summed E-state index contributed by atoms with van der Waals surface area (Å²) in [6, 6.07) is 7.82. The van der Waals surface area contributed by atoms with E-state index in [0.29, 0.717) is 5.90 Å². The fourth-order valence-electron chi connectivity index (χ4n) is 1.20. The van der Waals surface area contributed by atoms with Crippen LogP contribution in [0.4, 0.5) is 5.69 Å². The molecule has 1 unspecified atom stereocenters. The van der Waals surface area contributed by atoms with Gasteiger partial charge in [-0.25, -0.2) is 9.20 Å². The van der Waals surface area contributed by atoms with E-state index in [0.717, 1.165) is 5.69 Å². The van der Waals surface area contributed by atoms with Crippen LogP contribution in [-0.4, -0.2) is 14.9 Å². The normalized spacial score (nSPS) is 25.8. The van der Waals surface area contributed by atoms with Crippen LogP contribution in [-0.2, 0) is 15.3 Å². The maximum atomic E-state index is 11.2. The first-order chi connectivity index (χ1) is 7.00. The number of hydrogen-bond acceptors (Lipinski definition) is 3. The van der Waals surface area contributed by atoms with Crippen molar-refractivity contribution in [3.8, 4) is 0 Å². The largest absolute Gasteiger partial charge is 0.382 e. The molecule has 2 rings (SSSR count). The van der Waals surface area contributed by atoms with Crippen LogP contribution < -0.4 is 0 Å². The molecule has 4 heteroatoms. The van der Waals surface area contributed by atoms with Gasteiger partial charge in [0.1, 0.15) is 0 Å². The van der Waals surface area contributed by atoms with Crippen molar-refractivity contribution in [1.29, 1.82) is 0 Å². The first kappa shape index (κ1) is 10.4. The average Bonchev–Trinajstić information content (AvgIpc) is 2.21. The Morgan fingerprint density at radius 2 is 1.87 bits per heavy atom. The van der Waals surface area contributed by atoms with Gasteiger partial charge in [-0.05, 0) is 32.9 Å². The molecule has 0 N–H and O–H groups in total. The monoisotopic (exact) mass is 223 g/mol. The van der Waals surface area contributed by atoms with Crippen LogP contribution in [0.15, 0.2) is 29.3 Å². The van der Waals surface area contributed by atoms with Gasteiger partial charge in [-0.2, -0.15) is 0 Å². The molecular formula is C11H13NO2S. The Balaban J connectivity index is 2.25. The zero-order valence-corrected chi connectivity index (χ0v) is 9.80. The molecule has 1 saturated heterocycles. The lowest BCUT2D eigenvalue weighted by Crippen LogP contribution is -2.50. The Morgan fingerprint density at radius 1 is 1.27 bits per heavy atom. The molecule has 0 aliphatic carbocycles. The van der Waals surface area contributed by atoms with Gasteiger partial charge >= 0.3 is 0 Å². The molecule has 1 aliphatic rings. The summed E-state index contributed by atoms with van der Waals surface area (Å²) in [6.45, 7) is 5.75. The number of aliphatic imine (C=N–C) groups is 1. The molecule has 0 amide bonds. The second kappa shape index (κ2) is 3.45. The van der Waals surface area contributed by atoms with E-state index in [-0.39, 0.29) is 0 Å². The topological polar surface area (TPSA) is 38.7 Å². The van der Waals surface area contributed by atoms with E-state index >= 15 is 0 Å². The van der Waals surface area contributed by atoms with Crippen LogP contribution in [0.3, 0.4) is 0 Å². The number of nitrogens with zero attached hydrogens (tertiary/aromatic N) is 1. The van der Waals surface area contributed by atoms with Gasteiger partial charge in [-0.1, -0.05) is 17.7 Å². The Labute approximate surface area is 91.8 Å². The first-order valence-corrected chi connectivity index (χ1v) is 5.84. The molecule has 0 radical (unpaired) electrons. The summed E-state index contributed by atoms with van der Waals surface area (Å²) in [6.07, 6.45) is 0. The second-order valence-corrected chi connectivity index (χ2v) is 5.74. The van der Waals surface area contributed by atoms with Crippen LogP contribution in [0, 0.1) is 6.92 Å². The summed E-state index contributed by atoms with van der Waals surface area (Å²) < 4.78 is 15.8. The Bertz CT molecular complexity index is 434. The van der Waals surface area contributed by atoms with Crippen molar-refractivity contribution in [1.82, 2.24) is 0 Å². The van der Waals surface area contributed by atoms with Crippen molar-refractivity contribution in [2.75, 3.05) is 0 Å². The van der Waals surface area contributed by atoms with Crippen LogP contribution >= 0.6 is 0 Å². The highest BCUT2D eigenvalue weighted by atomic mass is 32.2. The molecule has 1 atom stereocenters. The van der Waals surface area contributed by atoms with Crippen LogP contribution in [0.25, 0.3) is 0 Å². The summed E-state index contributed by atoms with van der Waals surface area (Å²) >= 11 is -1.24. The SMILES string of the molecule is Cc1ccc(N=C2OS(=O)C2(C)C)cc1. The van der Waals surface area contributed by atoms with E-state index in [9.17, 15) is 4.21 Å². The van der Waals surface area contributed by atoms with Gasteiger partial charge in [0.05, 0.1) is 5.69 Å². The number of benzene rings is 1. The molecular weight excluding hydrogens is 210 g/mol. The highest BCUT2D eigenvalue weighted by Gasteiger charge is 2.47. The minimum Gasteiger partial charge on any atom is -0.382 e. The van der Waals surface area contributed by atoms with Gasteiger partial charge in [-0.15, -0.1) is 0 Å². The van der Waals surface area contributed by atoms with Crippen molar-refractivity contribution >= 4 is 22.7 Å². The highest BCUT2D eigenvalue weighted by molar-refractivity contribution is 7.85. The van der Waals surface area contributed by atoms with Crippen molar-refractivity contribution < 1.29 is 8.39 Å². The van der Waals surface area contributed by atoms with E-state index in [1.165, 1.54) is 5.56 Å². The Morgan fingerprint density at radius 3 is 2.33 bits per heavy atom. The molecule has 1 aromatic carbocycles. The molecule has 1 heterocycles. The van der Waals surface area contributed by atoms with E-state index in [2.05, 4.69) is 4.99 Å². The van der Waals surface area contributed by atoms with Gasteiger partial charge in [0.25, 0.3) is 0 Å². The third-order valence-electron chi connectivity index (χ3n) is 2.35. The third kappa shape index (κ3) is 1.81. The number of hydrogen-bond donors (Lipinski definition) is 0. The molecule has 0 spiro atoms. The average molecular weight is 223 g/mol. The van der Waals surface area contributed by atoms with Crippen LogP contribution in [0.5, 0.6) is 0 Å². The Hall–Kier alpha value is -1.16. The summed E-state index contributed by atoms with van der Waals surface area (Å²) in [5.41, 5.74) is 2.02. The molecule has 1 fully saturated rings. The minimum atomic E-state index is -1.24. The second-order valence-electron chi connectivity index (χ2n) is 4.08.